The van der Waals surface area contributed by atoms with Crippen LogP contribution in [0, 0.1) is 13.8 Å². The lowest BCUT2D eigenvalue weighted by molar-refractivity contribution is 0.177. The first-order chi connectivity index (χ1) is 8.66. The zero-order valence-corrected chi connectivity index (χ0v) is 12.7. The highest BCUT2D eigenvalue weighted by atomic mass is 32.2. The van der Waals surface area contributed by atoms with Gasteiger partial charge >= 0.3 is 0 Å². The average molecular weight is 286 g/mol. The summed E-state index contributed by atoms with van der Waals surface area (Å²) in [4.78, 5) is 0.196. The number of nitrogens with zero attached hydrogens (tertiary/aromatic N) is 1. The summed E-state index contributed by atoms with van der Waals surface area (Å²) in [7, 11) is -2.05. The van der Waals surface area contributed by atoms with E-state index < -0.39 is 16.1 Å². The maximum Gasteiger partial charge on any atom is 0.242 e. The highest BCUT2D eigenvalue weighted by Crippen LogP contribution is 2.23. The molecule has 0 aromatic heterocycles. The van der Waals surface area contributed by atoms with Crippen molar-refractivity contribution in [1.82, 2.24) is 4.31 Å². The molecule has 0 amide bonds. The lowest BCUT2D eigenvalue weighted by atomic mass is 10.1. The quantitative estimate of drug-likeness (QED) is 0.799. The zero-order chi connectivity index (χ0) is 14.8. The SMILES string of the molecule is Cc1cc(S(=O)(=O)N(C)CCC(C)O)cc(N)c1C. The minimum absolute atomic E-state index is 0.196. The molecule has 1 atom stereocenters. The summed E-state index contributed by atoms with van der Waals surface area (Å²) in [5, 5.41) is 9.22. The van der Waals surface area contributed by atoms with Crippen molar-refractivity contribution in [3.63, 3.8) is 0 Å². The number of nitrogens with two attached hydrogens (primary N) is 1. The van der Waals surface area contributed by atoms with E-state index in [1.54, 1.807) is 13.0 Å². The second-order valence-corrected chi connectivity index (χ2v) is 6.96. The fourth-order valence-corrected chi connectivity index (χ4v) is 2.98. The molecule has 0 saturated carbocycles. The first-order valence-corrected chi connectivity index (χ1v) is 7.61. The first-order valence-electron chi connectivity index (χ1n) is 6.17. The van der Waals surface area contributed by atoms with E-state index in [1.807, 2.05) is 13.8 Å². The Labute approximate surface area is 115 Å². The van der Waals surface area contributed by atoms with Gasteiger partial charge in [0, 0.05) is 19.3 Å². The lowest BCUT2D eigenvalue weighted by Gasteiger charge is -2.19. The zero-order valence-electron chi connectivity index (χ0n) is 11.8. The molecule has 5 nitrogen and oxygen atoms in total. The van der Waals surface area contributed by atoms with Gasteiger partial charge in [0.1, 0.15) is 0 Å². The molecule has 0 saturated heterocycles. The van der Waals surface area contributed by atoms with Crippen LogP contribution < -0.4 is 5.73 Å². The third kappa shape index (κ3) is 3.68. The van der Waals surface area contributed by atoms with E-state index in [0.29, 0.717) is 12.1 Å². The Morgan fingerprint density at radius 1 is 1.37 bits per heavy atom. The Bertz CT molecular complexity index is 530. The maximum absolute atomic E-state index is 12.3. The number of nitrogen functional groups attached to an aromatic ring is 1. The van der Waals surface area contributed by atoms with E-state index in [-0.39, 0.29) is 11.4 Å². The van der Waals surface area contributed by atoms with Crippen LogP contribution in [0.3, 0.4) is 0 Å². The number of aryl methyl sites for hydroxylation is 1. The molecule has 0 fully saturated rings. The molecular formula is C13H22N2O3S. The summed E-state index contributed by atoms with van der Waals surface area (Å²) in [5.41, 5.74) is 8.04. The van der Waals surface area contributed by atoms with Crippen LogP contribution in [0.4, 0.5) is 5.69 Å². The number of hydrogen-bond donors (Lipinski definition) is 2. The van der Waals surface area contributed by atoms with E-state index in [1.165, 1.54) is 17.4 Å². The Hall–Kier alpha value is -1.11. The van der Waals surface area contributed by atoms with E-state index in [4.69, 9.17) is 5.73 Å². The maximum atomic E-state index is 12.3. The van der Waals surface area contributed by atoms with Crippen molar-refractivity contribution in [2.45, 2.75) is 38.2 Å². The van der Waals surface area contributed by atoms with Gasteiger partial charge in [0.15, 0.2) is 0 Å². The molecular weight excluding hydrogens is 264 g/mol. The van der Waals surface area contributed by atoms with Crippen molar-refractivity contribution < 1.29 is 13.5 Å². The van der Waals surface area contributed by atoms with Gasteiger partial charge < -0.3 is 10.8 Å². The van der Waals surface area contributed by atoms with Crippen molar-refractivity contribution in [3.05, 3.63) is 23.3 Å². The highest BCUT2D eigenvalue weighted by molar-refractivity contribution is 7.89. The molecule has 0 heterocycles. The van der Waals surface area contributed by atoms with Crippen LogP contribution in [-0.2, 0) is 10.0 Å². The van der Waals surface area contributed by atoms with E-state index in [0.717, 1.165) is 11.1 Å². The minimum Gasteiger partial charge on any atom is -0.398 e. The molecule has 19 heavy (non-hydrogen) atoms. The minimum atomic E-state index is -3.55. The van der Waals surface area contributed by atoms with Crippen LogP contribution in [0.15, 0.2) is 17.0 Å². The summed E-state index contributed by atoms with van der Waals surface area (Å²) in [5.74, 6) is 0. The molecule has 1 rings (SSSR count). The number of aliphatic hydroxyl groups is 1. The van der Waals surface area contributed by atoms with Gasteiger partial charge in [-0.05, 0) is 50.5 Å². The second-order valence-electron chi connectivity index (χ2n) is 4.92. The fraction of sp³-hybridized carbons (Fsp3) is 0.538. The first kappa shape index (κ1) is 15.9. The number of rotatable bonds is 5. The Morgan fingerprint density at radius 2 is 1.95 bits per heavy atom. The standard InChI is InChI=1S/C13H22N2O3S/c1-9-7-12(8-13(14)11(9)3)19(17,18)15(4)6-5-10(2)16/h7-8,10,16H,5-6,14H2,1-4H3. The molecule has 6 heteroatoms. The van der Waals surface area contributed by atoms with Crippen molar-refractivity contribution in [2.24, 2.45) is 0 Å². The van der Waals surface area contributed by atoms with Gasteiger partial charge in [-0.2, -0.15) is 0 Å². The van der Waals surface area contributed by atoms with E-state index in [2.05, 4.69) is 0 Å². The average Bonchev–Trinajstić information content (AvgIpc) is 2.31. The van der Waals surface area contributed by atoms with Crippen LogP contribution in [0.2, 0.25) is 0 Å². The van der Waals surface area contributed by atoms with Crippen molar-refractivity contribution in [1.29, 1.82) is 0 Å². The van der Waals surface area contributed by atoms with Crippen LogP contribution >= 0.6 is 0 Å². The Kier molecular flexibility index (Phi) is 4.95. The fourth-order valence-electron chi connectivity index (χ4n) is 1.67. The summed E-state index contributed by atoms with van der Waals surface area (Å²) >= 11 is 0. The van der Waals surface area contributed by atoms with Crippen molar-refractivity contribution >= 4 is 15.7 Å². The van der Waals surface area contributed by atoms with Crippen LogP contribution in [0.1, 0.15) is 24.5 Å². The number of benzene rings is 1. The largest absolute Gasteiger partial charge is 0.398 e. The van der Waals surface area contributed by atoms with Crippen molar-refractivity contribution in [2.75, 3.05) is 19.3 Å². The molecule has 3 N–H and O–H groups in total. The molecule has 0 radical (unpaired) electrons. The van der Waals surface area contributed by atoms with Gasteiger partial charge in [-0.15, -0.1) is 0 Å². The highest BCUT2D eigenvalue weighted by Gasteiger charge is 2.22. The molecule has 1 aromatic rings. The number of aliphatic hydroxyl groups excluding tert-OH is 1. The number of hydrogen-bond acceptors (Lipinski definition) is 4. The molecule has 108 valence electrons. The Balaban J connectivity index is 3.07. The molecule has 1 aromatic carbocycles. The molecule has 0 aliphatic carbocycles. The summed E-state index contributed by atoms with van der Waals surface area (Å²) in [6, 6.07) is 3.11. The Morgan fingerprint density at radius 3 is 2.42 bits per heavy atom. The van der Waals surface area contributed by atoms with Gasteiger partial charge in [0.25, 0.3) is 0 Å². The van der Waals surface area contributed by atoms with Crippen LogP contribution in [0.5, 0.6) is 0 Å². The summed E-state index contributed by atoms with van der Waals surface area (Å²) < 4.78 is 25.9. The number of sulfonamides is 1. The summed E-state index contributed by atoms with van der Waals surface area (Å²) in [6.07, 6.45) is -0.127. The predicted molar refractivity (Wildman–Crippen MR) is 76.4 cm³/mol. The van der Waals surface area contributed by atoms with Gasteiger partial charge in [0.2, 0.25) is 10.0 Å². The smallest absolute Gasteiger partial charge is 0.242 e. The van der Waals surface area contributed by atoms with Crippen molar-refractivity contribution in [3.8, 4) is 0 Å². The topological polar surface area (TPSA) is 83.6 Å². The second kappa shape index (κ2) is 5.90. The van der Waals surface area contributed by atoms with Gasteiger partial charge in [-0.1, -0.05) is 0 Å². The normalized spacial score (nSPS) is 13.8. The third-order valence-electron chi connectivity index (χ3n) is 3.25. The van der Waals surface area contributed by atoms with E-state index >= 15 is 0 Å². The molecule has 0 bridgehead atoms. The predicted octanol–water partition coefficient (Wildman–Crippen LogP) is 1.28. The molecule has 1 unspecified atom stereocenters. The molecule has 0 spiro atoms. The van der Waals surface area contributed by atoms with Gasteiger partial charge in [-0.25, -0.2) is 12.7 Å². The lowest BCUT2D eigenvalue weighted by Crippen LogP contribution is -2.29. The van der Waals surface area contributed by atoms with Crippen LogP contribution in [-0.4, -0.2) is 37.5 Å². The number of anilines is 1. The van der Waals surface area contributed by atoms with Gasteiger partial charge in [-0.3, -0.25) is 0 Å². The van der Waals surface area contributed by atoms with Gasteiger partial charge in [0.05, 0.1) is 11.0 Å². The third-order valence-corrected chi connectivity index (χ3v) is 5.09. The summed E-state index contributed by atoms with van der Waals surface area (Å²) in [6.45, 7) is 5.60. The molecule has 0 aliphatic heterocycles. The van der Waals surface area contributed by atoms with Crippen LogP contribution in [0.25, 0.3) is 0 Å². The monoisotopic (exact) mass is 286 g/mol. The van der Waals surface area contributed by atoms with E-state index in [9.17, 15) is 13.5 Å². The molecule has 0 aliphatic rings.